The van der Waals surface area contributed by atoms with Gasteiger partial charge in [0, 0.05) is 29.2 Å². The fourth-order valence-corrected chi connectivity index (χ4v) is 4.90. The molecule has 4 aromatic rings. The quantitative estimate of drug-likeness (QED) is 0.478. The van der Waals surface area contributed by atoms with Crippen molar-refractivity contribution >= 4 is 16.6 Å². The van der Waals surface area contributed by atoms with Crippen molar-refractivity contribution in [2.24, 2.45) is 0 Å². The normalized spacial score (nSPS) is 15.4. The van der Waals surface area contributed by atoms with E-state index in [1.165, 1.54) is 54.4 Å². The number of ether oxygens (including phenoxy) is 1. The summed E-state index contributed by atoms with van der Waals surface area (Å²) in [6.07, 6.45) is 8.77. The Morgan fingerprint density at radius 2 is 1.97 bits per heavy atom. The lowest BCUT2D eigenvalue weighted by Gasteiger charge is -2.26. The van der Waals surface area contributed by atoms with Crippen LogP contribution < -0.4 is 4.74 Å². The van der Waals surface area contributed by atoms with E-state index in [0.29, 0.717) is 5.92 Å². The number of hydrogen-bond donors (Lipinski definition) is 1. The van der Waals surface area contributed by atoms with Crippen LogP contribution in [0.3, 0.4) is 0 Å². The zero-order valence-corrected chi connectivity index (χ0v) is 18.7. The van der Waals surface area contributed by atoms with Gasteiger partial charge in [0.25, 0.3) is 0 Å². The number of aromatic amines is 1. The summed E-state index contributed by atoms with van der Waals surface area (Å²) in [6.45, 7) is 8.18. The SMILES string of the molecule is COc1cc(-c2[nH]c3ccc(CCN4CCCCC4)cc3c2C(C)C)cn2ncnc12. The van der Waals surface area contributed by atoms with E-state index in [2.05, 4.69) is 58.1 Å². The van der Waals surface area contributed by atoms with Crippen LogP contribution in [0.5, 0.6) is 5.75 Å². The highest BCUT2D eigenvalue weighted by Gasteiger charge is 2.19. The lowest BCUT2D eigenvalue weighted by atomic mass is 9.95. The first kappa shape index (κ1) is 20.1. The molecule has 0 saturated carbocycles. The summed E-state index contributed by atoms with van der Waals surface area (Å²) < 4.78 is 7.37. The molecule has 5 rings (SSSR count). The fraction of sp³-hybridized carbons (Fsp3) is 0.440. The number of piperidine rings is 1. The third-order valence-electron chi connectivity index (χ3n) is 6.50. The molecule has 1 aliphatic rings. The molecule has 1 aromatic carbocycles. The number of hydrogen-bond acceptors (Lipinski definition) is 4. The molecule has 0 bridgehead atoms. The third kappa shape index (κ3) is 3.81. The third-order valence-corrected chi connectivity index (χ3v) is 6.50. The first-order valence-electron chi connectivity index (χ1n) is 11.4. The molecular formula is C25H31N5O. The summed E-state index contributed by atoms with van der Waals surface area (Å²) >= 11 is 0. The van der Waals surface area contributed by atoms with Crippen molar-refractivity contribution in [1.29, 1.82) is 0 Å². The molecule has 6 heteroatoms. The molecule has 0 atom stereocenters. The van der Waals surface area contributed by atoms with Gasteiger partial charge in [0.2, 0.25) is 0 Å². The van der Waals surface area contributed by atoms with Gasteiger partial charge in [0.15, 0.2) is 11.4 Å². The van der Waals surface area contributed by atoms with E-state index >= 15 is 0 Å². The molecule has 1 fully saturated rings. The Bertz CT molecular complexity index is 1200. The van der Waals surface area contributed by atoms with Gasteiger partial charge in [-0.25, -0.2) is 9.50 Å². The molecule has 162 valence electrons. The first-order valence-corrected chi connectivity index (χ1v) is 11.4. The van der Waals surface area contributed by atoms with Crippen molar-refractivity contribution in [3.05, 3.63) is 47.9 Å². The average molecular weight is 418 g/mol. The molecule has 1 saturated heterocycles. The van der Waals surface area contributed by atoms with Crippen LogP contribution in [0.25, 0.3) is 27.8 Å². The zero-order valence-electron chi connectivity index (χ0n) is 18.7. The van der Waals surface area contributed by atoms with Crippen molar-refractivity contribution in [1.82, 2.24) is 24.5 Å². The Morgan fingerprint density at radius 3 is 2.74 bits per heavy atom. The number of fused-ring (bicyclic) bond motifs is 2. The molecule has 1 N–H and O–H groups in total. The minimum atomic E-state index is 0.388. The molecule has 0 aliphatic carbocycles. The summed E-state index contributed by atoms with van der Waals surface area (Å²) in [4.78, 5) is 10.6. The minimum absolute atomic E-state index is 0.388. The van der Waals surface area contributed by atoms with E-state index in [9.17, 15) is 0 Å². The van der Waals surface area contributed by atoms with E-state index in [1.807, 2.05) is 6.20 Å². The van der Waals surface area contributed by atoms with Crippen LogP contribution in [0.2, 0.25) is 0 Å². The van der Waals surface area contributed by atoms with Crippen molar-refractivity contribution in [3.63, 3.8) is 0 Å². The number of H-pyrrole nitrogens is 1. The van der Waals surface area contributed by atoms with Gasteiger partial charge in [-0.3, -0.25) is 0 Å². The zero-order chi connectivity index (χ0) is 21.4. The molecule has 4 heterocycles. The molecule has 1 aliphatic heterocycles. The van der Waals surface area contributed by atoms with E-state index in [1.54, 1.807) is 18.0 Å². The number of nitrogens with one attached hydrogen (secondary N) is 1. The molecular weight excluding hydrogens is 386 g/mol. The fourth-order valence-electron chi connectivity index (χ4n) is 4.90. The Labute approximate surface area is 183 Å². The van der Waals surface area contributed by atoms with Gasteiger partial charge in [0.1, 0.15) is 6.33 Å². The molecule has 31 heavy (non-hydrogen) atoms. The van der Waals surface area contributed by atoms with Crippen molar-refractivity contribution in [2.45, 2.75) is 45.4 Å². The minimum Gasteiger partial charge on any atom is -0.493 e. The maximum absolute atomic E-state index is 5.59. The number of rotatable bonds is 6. The number of methoxy groups -OCH3 is 1. The Balaban J connectivity index is 1.53. The Hall–Kier alpha value is -2.86. The smallest absolute Gasteiger partial charge is 0.197 e. The lowest BCUT2D eigenvalue weighted by molar-refractivity contribution is 0.231. The van der Waals surface area contributed by atoms with Gasteiger partial charge >= 0.3 is 0 Å². The second kappa shape index (κ2) is 8.35. The average Bonchev–Trinajstić information content (AvgIpc) is 3.42. The van der Waals surface area contributed by atoms with Crippen molar-refractivity contribution < 1.29 is 4.74 Å². The molecule has 6 nitrogen and oxygen atoms in total. The van der Waals surface area contributed by atoms with Crippen LogP contribution in [0.15, 0.2) is 36.8 Å². The Kier molecular flexibility index (Phi) is 5.40. The largest absolute Gasteiger partial charge is 0.493 e. The van der Waals surface area contributed by atoms with E-state index in [0.717, 1.165) is 35.6 Å². The van der Waals surface area contributed by atoms with E-state index in [4.69, 9.17) is 4.74 Å². The number of likely N-dealkylation sites (tertiary alicyclic amines) is 1. The van der Waals surface area contributed by atoms with Gasteiger partial charge in [-0.15, -0.1) is 0 Å². The van der Waals surface area contributed by atoms with Gasteiger partial charge in [-0.1, -0.05) is 26.3 Å². The van der Waals surface area contributed by atoms with Crippen LogP contribution in [0, 0.1) is 0 Å². The Morgan fingerprint density at radius 1 is 1.13 bits per heavy atom. The van der Waals surface area contributed by atoms with E-state index in [-0.39, 0.29) is 0 Å². The summed E-state index contributed by atoms with van der Waals surface area (Å²) in [7, 11) is 1.68. The highest BCUT2D eigenvalue weighted by Crippen LogP contribution is 2.37. The lowest BCUT2D eigenvalue weighted by Crippen LogP contribution is -2.31. The number of aromatic nitrogens is 4. The second-order valence-corrected chi connectivity index (χ2v) is 8.93. The second-order valence-electron chi connectivity index (χ2n) is 8.93. The molecule has 3 aromatic heterocycles. The van der Waals surface area contributed by atoms with Gasteiger partial charge < -0.3 is 14.6 Å². The molecule has 0 amide bonds. The monoisotopic (exact) mass is 417 g/mol. The van der Waals surface area contributed by atoms with E-state index < -0.39 is 0 Å². The van der Waals surface area contributed by atoms with Crippen LogP contribution in [0.4, 0.5) is 0 Å². The van der Waals surface area contributed by atoms with Gasteiger partial charge in [-0.05, 0) is 67.6 Å². The number of benzene rings is 1. The maximum atomic E-state index is 5.59. The van der Waals surface area contributed by atoms with Crippen molar-refractivity contribution in [2.75, 3.05) is 26.7 Å². The van der Waals surface area contributed by atoms with Crippen LogP contribution in [-0.4, -0.2) is 51.2 Å². The molecule has 0 unspecified atom stereocenters. The number of pyridine rings is 1. The highest BCUT2D eigenvalue weighted by atomic mass is 16.5. The summed E-state index contributed by atoms with van der Waals surface area (Å²) in [5.74, 6) is 1.11. The maximum Gasteiger partial charge on any atom is 0.197 e. The first-order chi connectivity index (χ1) is 15.1. The predicted molar refractivity (Wildman–Crippen MR) is 125 cm³/mol. The summed E-state index contributed by atoms with van der Waals surface area (Å²) in [5.41, 5.74) is 6.86. The topological polar surface area (TPSA) is 58.5 Å². The summed E-state index contributed by atoms with van der Waals surface area (Å²) in [5, 5.41) is 5.65. The van der Waals surface area contributed by atoms with Gasteiger partial charge in [-0.2, -0.15) is 5.10 Å². The summed E-state index contributed by atoms with van der Waals surface area (Å²) in [6, 6.07) is 8.96. The van der Waals surface area contributed by atoms with Crippen LogP contribution in [0.1, 0.15) is 50.2 Å². The number of nitrogens with zero attached hydrogens (tertiary/aromatic N) is 4. The molecule has 0 radical (unpaired) electrons. The molecule has 0 spiro atoms. The van der Waals surface area contributed by atoms with Crippen LogP contribution >= 0.6 is 0 Å². The standard InChI is InChI=1S/C25H31N5O/c1-17(2)23-20-13-18(9-12-29-10-5-4-6-11-29)7-8-21(20)28-24(23)19-14-22(31-3)25-26-16-27-30(25)15-19/h7-8,13-17,28H,4-6,9-12H2,1-3H3. The van der Waals surface area contributed by atoms with Crippen LogP contribution in [-0.2, 0) is 6.42 Å². The van der Waals surface area contributed by atoms with Gasteiger partial charge in [0.05, 0.1) is 12.8 Å². The van der Waals surface area contributed by atoms with Crippen molar-refractivity contribution in [3.8, 4) is 17.0 Å². The predicted octanol–water partition coefficient (Wildman–Crippen LogP) is 5.04. The highest BCUT2D eigenvalue weighted by molar-refractivity contribution is 5.92.